The number of hydrogen-bond acceptors (Lipinski definition) is 4. The van der Waals surface area contributed by atoms with Crippen LogP contribution in [0.2, 0.25) is 5.02 Å². The zero-order valence-electron chi connectivity index (χ0n) is 16.0. The van der Waals surface area contributed by atoms with Gasteiger partial charge in [-0.05, 0) is 67.4 Å². The number of halogens is 2. The summed E-state index contributed by atoms with van der Waals surface area (Å²) in [5.74, 6) is 0.815. The van der Waals surface area contributed by atoms with Crippen molar-refractivity contribution in [1.29, 1.82) is 0 Å². The Morgan fingerprint density at radius 2 is 1.90 bits per heavy atom. The molecule has 0 fully saturated rings. The summed E-state index contributed by atoms with van der Waals surface area (Å²) in [5.41, 5.74) is 2.33. The van der Waals surface area contributed by atoms with Gasteiger partial charge in [-0.15, -0.1) is 0 Å². The third-order valence-corrected chi connectivity index (χ3v) is 4.91. The molecule has 0 amide bonds. The first kappa shape index (κ1) is 19.1. The lowest BCUT2D eigenvalue weighted by atomic mass is 10.1. The zero-order chi connectivity index (χ0) is 20.7. The molecule has 0 aliphatic heterocycles. The molecule has 5 nitrogen and oxygen atoms in total. The van der Waals surface area contributed by atoms with Gasteiger partial charge in [0, 0.05) is 18.3 Å². The highest BCUT2D eigenvalue weighted by atomic mass is 35.5. The third-order valence-electron chi connectivity index (χ3n) is 4.69. The van der Waals surface area contributed by atoms with E-state index in [1.807, 2.05) is 6.92 Å². The van der Waals surface area contributed by atoms with Crippen molar-refractivity contribution in [2.45, 2.75) is 13.8 Å². The van der Waals surface area contributed by atoms with Crippen LogP contribution in [-0.4, -0.2) is 14.5 Å². The molecule has 4 aromatic rings. The van der Waals surface area contributed by atoms with Gasteiger partial charge in [-0.25, -0.2) is 14.4 Å². The number of rotatable bonds is 3. The summed E-state index contributed by atoms with van der Waals surface area (Å²) in [6, 6.07) is 11.2. The first-order valence-electron chi connectivity index (χ1n) is 8.91. The average Bonchev–Trinajstić information content (AvgIpc) is 2.68. The van der Waals surface area contributed by atoms with Crippen molar-refractivity contribution in [3.05, 3.63) is 81.0 Å². The van der Waals surface area contributed by atoms with Crippen LogP contribution in [0.4, 0.5) is 4.39 Å². The van der Waals surface area contributed by atoms with Crippen LogP contribution >= 0.6 is 11.6 Å². The van der Waals surface area contributed by atoms with E-state index in [1.165, 1.54) is 16.7 Å². The number of aryl methyl sites for hydroxylation is 2. The molecule has 0 unspecified atom stereocenters. The van der Waals surface area contributed by atoms with Crippen LogP contribution in [-0.2, 0) is 7.05 Å². The molecule has 2 heterocycles. The fraction of sp³-hybridized carbons (Fsp3) is 0.136. The molecule has 2 aromatic carbocycles. The monoisotopic (exact) mass is 409 g/mol. The summed E-state index contributed by atoms with van der Waals surface area (Å²) in [7, 11) is 1.64. The highest BCUT2D eigenvalue weighted by Gasteiger charge is 2.17. The fourth-order valence-electron chi connectivity index (χ4n) is 3.22. The lowest BCUT2D eigenvalue weighted by molar-refractivity contribution is 0.458. The molecule has 0 aliphatic carbocycles. The van der Waals surface area contributed by atoms with E-state index >= 15 is 0 Å². The Balaban J connectivity index is 1.91. The second kappa shape index (κ2) is 7.29. The molecular weight excluding hydrogens is 393 g/mol. The molecule has 0 atom stereocenters. The topological polar surface area (TPSA) is 57.0 Å². The second-order valence-electron chi connectivity index (χ2n) is 6.79. The summed E-state index contributed by atoms with van der Waals surface area (Å²) in [5, 5.41) is 0.931. The third kappa shape index (κ3) is 3.47. The molecular formula is C22H17ClFN3O2. The predicted molar refractivity (Wildman–Crippen MR) is 111 cm³/mol. The Kier molecular flexibility index (Phi) is 4.80. The van der Waals surface area contributed by atoms with Crippen molar-refractivity contribution in [2.75, 3.05) is 0 Å². The second-order valence-corrected chi connectivity index (χ2v) is 7.22. The molecule has 0 radical (unpaired) electrons. The summed E-state index contributed by atoms with van der Waals surface area (Å²) < 4.78 is 20.8. The molecule has 0 N–H and O–H groups in total. The van der Waals surface area contributed by atoms with Gasteiger partial charge in [0.05, 0.1) is 16.5 Å². The minimum atomic E-state index is -0.344. The van der Waals surface area contributed by atoms with Crippen LogP contribution in [0.1, 0.15) is 11.1 Å². The molecule has 7 heteroatoms. The van der Waals surface area contributed by atoms with E-state index in [4.69, 9.17) is 21.3 Å². The smallest absolute Gasteiger partial charge is 0.261 e. The number of hydrogen-bond donors (Lipinski definition) is 0. The van der Waals surface area contributed by atoms with Gasteiger partial charge in [-0.1, -0.05) is 11.6 Å². The largest absolute Gasteiger partial charge is 0.438 e. The summed E-state index contributed by atoms with van der Waals surface area (Å²) in [6.07, 6.45) is 1.59. The van der Waals surface area contributed by atoms with Gasteiger partial charge in [0.1, 0.15) is 17.4 Å². The number of aromatic nitrogens is 3. The fourth-order valence-corrected chi connectivity index (χ4v) is 3.49. The maximum absolute atomic E-state index is 13.4. The SMILES string of the molecule is Cc1cc(F)ccc1Oc1ncccc1-c1nc2c(C)cc(Cl)cc2c(=O)n1C. The molecule has 4 rings (SSSR count). The summed E-state index contributed by atoms with van der Waals surface area (Å²) in [6.45, 7) is 3.60. The van der Waals surface area contributed by atoms with Crippen molar-refractivity contribution in [3.63, 3.8) is 0 Å². The number of fused-ring (bicyclic) bond motifs is 1. The van der Waals surface area contributed by atoms with E-state index in [9.17, 15) is 9.18 Å². The summed E-state index contributed by atoms with van der Waals surface area (Å²) in [4.78, 5) is 22.0. The Labute approximate surface area is 171 Å². The van der Waals surface area contributed by atoms with Crippen molar-refractivity contribution in [2.24, 2.45) is 7.05 Å². The van der Waals surface area contributed by atoms with E-state index in [0.717, 1.165) is 5.56 Å². The molecule has 0 saturated carbocycles. The van der Waals surface area contributed by atoms with Gasteiger partial charge < -0.3 is 4.74 Å². The maximum Gasteiger partial charge on any atom is 0.261 e. The van der Waals surface area contributed by atoms with Crippen molar-refractivity contribution >= 4 is 22.5 Å². The van der Waals surface area contributed by atoms with Gasteiger partial charge >= 0.3 is 0 Å². The van der Waals surface area contributed by atoms with Gasteiger partial charge in [0.25, 0.3) is 5.56 Å². The number of ether oxygens (including phenoxy) is 1. The van der Waals surface area contributed by atoms with Crippen LogP contribution in [0.15, 0.2) is 53.5 Å². The van der Waals surface area contributed by atoms with Crippen LogP contribution in [0.3, 0.4) is 0 Å². The summed E-state index contributed by atoms with van der Waals surface area (Å²) >= 11 is 6.11. The maximum atomic E-state index is 13.4. The first-order valence-corrected chi connectivity index (χ1v) is 9.29. The Bertz CT molecular complexity index is 1320. The van der Waals surface area contributed by atoms with E-state index in [0.29, 0.717) is 38.6 Å². The average molecular weight is 410 g/mol. The highest BCUT2D eigenvalue weighted by molar-refractivity contribution is 6.31. The molecule has 29 heavy (non-hydrogen) atoms. The molecule has 0 aliphatic rings. The van der Waals surface area contributed by atoms with E-state index in [2.05, 4.69) is 4.98 Å². The normalized spacial score (nSPS) is 11.1. The van der Waals surface area contributed by atoms with Gasteiger partial charge in [-0.2, -0.15) is 0 Å². The first-order chi connectivity index (χ1) is 13.8. The van der Waals surface area contributed by atoms with Crippen LogP contribution in [0.5, 0.6) is 11.6 Å². The van der Waals surface area contributed by atoms with Gasteiger partial charge in [-0.3, -0.25) is 9.36 Å². The molecule has 146 valence electrons. The van der Waals surface area contributed by atoms with Crippen molar-refractivity contribution in [3.8, 4) is 23.0 Å². The molecule has 0 saturated heterocycles. The Morgan fingerprint density at radius 1 is 1.10 bits per heavy atom. The van der Waals surface area contributed by atoms with Crippen molar-refractivity contribution < 1.29 is 9.13 Å². The highest BCUT2D eigenvalue weighted by Crippen LogP contribution is 2.32. The van der Waals surface area contributed by atoms with Gasteiger partial charge in [0.15, 0.2) is 0 Å². The lowest BCUT2D eigenvalue weighted by Crippen LogP contribution is -2.21. The zero-order valence-corrected chi connectivity index (χ0v) is 16.8. The Morgan fingerprint density at radius 3 is 2.66 bits per heavy atom. The standard InChI is InChI=1S/C22H17ClFN3O2/c1-12-10-15(24)6-7-18(12)29-21-16(5-4-8-25-21)20-26-19-13(2)9-14(23)11-17(19)22(28)27(20)3/h4-11H,1-3H3. The quantitative estimate of drug-likeness (QED) is 0.467. The molecule has 0 spiro atoms. The van der Waals surface area contributed by atoms with Crippen LogP contribution < -0.4 is 10.3 Å². The van der Waals surface area contributed by atoms with Crippen molar-refractivity contribution in [1.82, 2.24) is 14.5 Å². The van der Waals surface area contributed by atoms with E-state index < -0.39 is 0 Å². The minimum absolute atomic E-state index is 0.219. The predicted octanol–water partition coefficient (Wildman–Crippen LogP) is 5.20. The molecule has 2 aromatic heterocycles. The molecule has 0 bridgehead atoms. The number of benzene rings is 2. The van der Waals surface area contributed by atoms with Crippen LogP contribution in [0.25, 0.3) is 22.3 Å². The van der Waals surface area contributed by atoms with Crippen LogP contribution in [0, 0.1) is 19.7 Å². The number of nitrogens with zero attached hydrogens (tertiary/aromatic N) is 3. The van der Waals surface area contributed by atoms with E-state index in [-0.39, 0.29) is 17.3 Å². The lowest BCUT2D eigenvalue weighted by Gasteiger charge is -2.14. The Hall–Kier alpha value is -3.25. The van der Waals surface area contributed by atoms with Gasteiger partial charge in [0.2, 0.25) is 5.88 Å². The van der Waals surface area contributed by atoms with E-state index in [1.54, 1.807) is 50.5 Å². The minimum Gasteiger partial charge on any atom is -0.438 e. The number of pyridine rings is 1.